The van der Waals surface area contributed by atoms with Crippen LogP contribution in [-0.2, 0) is 0 Å². The Morgan fingerprint density at radius 2 is 1.83 bits per heavy atom. The summed E-state index contributed by atoms with van der Waals surface area (Å²) in [6.45, 7) is 21.8. The molecule has 30 heavy (non-hydrogen) atoms. The van der Waals surface area contributed by atoms with E-state index in [1.165, 1.54) is 35.8 Å². The molecule has 2 heterocycles. The third kappa shape index (κ3) is 6.98. The summed E-state index contributed by atoms with van der Waals surface area (Å²) in [5, 5.41) is 0.395. The van der Waals surface area contributed by atoms with Crippen LogP contribution in [0.5, 0.6) is 0 Å². The first-order valence-corrected chi connectivity index (χ1v) is 11.1. The van der Waals surface area contributed by atoms with Gasteiger partial charge in [0.25, 0.3) is 5.91 Å². The highest BCUT2D eigenvalue weighted by molar-refractivity contribution is 6.29. The molecule has 4 heteroatoms. The SMILES string of the molecule is C=C/C(C)=C(C)\C(C)=C(/C)C(CC)CC.C=C1CCCN1C(=O)c1ccc(Cl)nc1. The largest absolute Gasteiger partial charge is 0.313 e. The van der Waals surface area contributed by atoms with E-state index in [1.807, 2.05) is 6.08 Å². The molecular weight excluding hydrogens is 392 g/mol. The minimum Gasteiger partial charge on any atom is -0.313 e. The predicted octanol–water partition coefficient (Wildman–Crippen LogP) is 7.77. The maximum Gasteiger partial charge on any atom is 0.259 e. The van der Waals surface area contributed by atoms with Crippen LogP contribution in [0.2, 0.25) is 5.15 Å². The molecule has 164 valence electrons. The zero-order valence-electron chi connectivity index (χ0n) is 19.5. The number of carbonyl (C=O) groups excluding carboxylic acids is 1. The van der Waals surface area contributed by atoms with Gasteiger partial charge in [0.1, 0.15) is 5.15 Å². The molecule has 0 saturated carbocycles. The molecule has 1 amide bonds. The van der Waals surface area contributed by atoms with Crippen LogP contribution < -0.4 is 0 Å². The molecule has 1 aliphatic heterocycles. The number of amides is 1. The van der Waals surface area contributed by atoms with Crippen molar-refractivity contribution < 1.29 is 4.79 Å². The number of aromatic nitrogens is 1. The fraction of sp³-hybridized carbons (Fsp3) is 0.462. The van der Waals surface area contributed by atoms with E-state index < -0.39 is 0 Å². The summed E-state index contributed by atoms with van der Waals surface area (Å²) in [7, 11) is 0. The molecule has 1 aromatic heterocycles. The van der Waals surface area contributed by atoms with Crippen molar-refractivity contribution in [2.75, 3.05) is 6.54 Å². The third-order valence-electron chi connectivity index (χ3n) is 6.10. The van der Waals surface area contributed by atoms with Gasteiger partial charge in [0, 0.05) is 18.4 Å². The van der Waals surface area contributed by atoms with Crippen molar-refractivity contribution in [3.05, 3.63) is 76.3 Å². The molecule has 1 aromatic rings. The number of hydrogen-bond donors (Lipinski definition) is 0. The average Bonchev–Trinajstić information content (AvgIpc) is 3.19. The smallest absolute Gasteiger partial charge is 0.259 e. The lowest BCUT2D eigenvalue weighted by atomic mass is 9.88. The van der Waals surface area contributed by atoms with E-state index in [0.29, 0.717) is 10.7 Å². The van der Waals surface area contributed by atoms with E-state index in [0.717, 1.165) is 31.0 Å². The highest BCUT2D eigenvalue weighted by atomic mass is 35.5. The fourth-order valence-corrected chi connectivity index (χ4v) is 3.70. The molecule has 0 spiro atoms. The number of nitrogens with zero attached hydrogens (tertiary/aromatic N) is 2. The maximum atomic E-state index is 12.0. The van der Waals surface area contributed by atoms with Crippen molar-refractivity contribution in [3.63, 3.8) is 0 Å². The lowest BCUT2D eigenvalue weighted by Crippen LogP contribution is -2.25. The van der Waals surface area contributed by atoms with Gasteiger partial charge < -0.3 is 4.90 Å². The zero-order valence-corrected chi connectivity index (χ0v) is 20.3. The molecule has 0 aliphatic carbocycles. The Bertz CT molecular complexity index is 814. The summed E-state index contributed by atoms with van der Waals surface area (Å²) in [5.74, 6) is 0.694. The second kappa shape index (κ2) is 12.5. The number of allylic oxidation sites excluding steroid dienone is 6. The average molecular weight is 429 g/mol. The molecule has 0 aromatic carbocycles. The minimum absolute atomic E-state index is 0.0401. The third-order valence-corrected chi connectivity index (χ3v) is 6.32. The van der Waals surface area contributed by atoms with Crippen molar-refractivity contribution in [1.29, 1.82) is 0 Å². The molecule has 0 unspecified atom stereocenters. The van der Waals surface area contributed by atoms with Gasteiger partial charge >= 0.3 is 0 Å². The Kier molecular flexibility index (Phi) is 10.8. The van der Waals surface area contributed by atoms with E-state index >= 15 is 0 Å². The number of carbonyl (C=O) groups is 1. The highest BCUT2D eigenvalue weighted by Gasteiger charge is 2.22. The van der Waals surface area contributed by atoms with Crippen LogP contribution in [0.25, 0.3) is 0 Å². The summed E-state index contributed by atoms with van der Waals surface area (Å²) in [5.41, 5.74) is 7.10. The highest BCUT2D eigenvalue weighted by Crippen LogP contribution is 2.26. The second-order valence-electron chi connectivity index (χ2n) is 7.83. The molecule has 3 nitrogen and oxygen atoms in total. The molecule has 1 saturated heterocycles. The molecule has 0 N–H and O–H groups in total. The number of hydrogen-bond acceptors (Lipinski definition) is 2. The van der Waals surface area contributed by atoms with E-state index in [-0.39, 0.29) is 5.91 Å². The van der Waals surface area contributed by atoms with E-state index in [1.54, 1.807) is 22.6 Å². The van der Waals surface area contributed by atoms with Crippen molar-refractivity contribution in [3.8, 4) is 0 Å². The molecule has 1 aliphatic rings. The molecule has 2 rings (SSSR count). The molecule has 0 radical (unpaired) electrons. The first-order chi connectivity index (χ1) is 14.2. The maximum absolute atomic E-state index is 12.0. The number of likely N-dealkylation sites (tertiary alicyclic amines) is 1. The van der Waals surface area contributed by atoms with Gasteiger partial charge in [-0.3, -0.25) is 4.79 Å². The van der Waals surface area contributed by atoms with E-state index in [2.05, 4.69) is 59.7 Å². The van der Waals surface area contributed by atoms with Crippen LogP contribution in [0.4, 0.5) is 0 Å². The van der Waals surface area contributed by atoms with Gasteiger partial charge in [-0.15, -0.1) is 0 Å². The van der Waals surface area contributed by atoms with Gasteiger partial charge in [-0.2, -0.15) is 0 Å². The number of rotatable bonds is 6. The summed E-state index contributed by atoms with van der Waals surface area (Å²) in [4.78, 5) is 17.5. The van der Waals surface area contributed by atoms with Crippen LogP contribution >= 0.6 is 11.6 Å². The normalized spacial score (nSPS) is 15.3. The topological polar surface area (TPSA) is 33.2 Å². The molecule has 0 bridgehead atoms. The molecule has 1 fully saturated rings. The number of pyridine rings is 1. The van der Waals surface area contributed by atoms with Gasteiger partial charge in [0.05, 0.1) is 5.56 Å². The van der Waals surface area contributed by atoms with Crippen LogP contribution in [0.15, 0.2) is 65.6 Å². The fourth-order valence-electron chi connectivity index (χ4n) is 3.59. The quantitative estimate of drug-likeness (QED) is 0.342. The lowest BCUT2D eigenvalue weighted by molar-refractivity contribution is 0.0825. The van der Waals surface area contributed by atoms with Gasteiger partial charge in [0.2, 0.25) is 0 Å². The Morgan fingerprint density at radius 3 is 2.27 bits per heavy atom. The predicted molar refractivity (Wildman–Crippen MR) is 130 cm³/mol. The van der Waals surface area contributed by atoms with Crippen LogP contribution in [0.3, 0.4) is 0 Å². The Balaban J connectivity index is 0.000000300. The van der Waals surface area contributed by atoms with Crippen molar-refractivity contribution >= 4 is 17.5 Å². The van der Waals surface area contributed by atoms with E-state index in [9.17, 15) is 4.79 Å². The van der Waals surface area contributed by atoms with Crippen LogP contribution in [0.1, 0.15) is 77.6 Å². The van der Waals surface area contributed by atoms with Crippen LogP contribution in [0, 0.1) is 5.92 Å². The van der Waals surface area contributed by atoms with Crippen LogP contribution in [-0.4, -0.2) is 22.3 Å². The Hall–Kier alpha value is -2.13. The van der Waals surface area contributed by atoms with E-state index in [4.69, 9.17) is 11.6 Å². The van der Waals surface area contributed by atoms with Gasteiger partial charge in [-0.1, -0.05) is 50.3 Å². The first kappa shape index (κ1) is 25.9. The zero-order chi connectivity index (χ0) is 22.8. The first-order valence-electron chi connectivity index (χ1n) is 10.8. The molecular formula is C26H37ClN2O. The van der Waals surface area contributed by atoms with Gasteiger partial charge in [0.15, 0.2) is 0 Å². The minimum atomic E-state index is -0.0401. The lowest BCUT2D eigenvalue weighted by Gasteiger charge is -2.18. The van der Waals surface area contributed by atoms with Crippen molar-refractivity contribution in [2.24, 2.45) is 5.92 Å². The molecule has 0 atom stereocenters. The standard InChI is InChI=1S/C15H26.C11H11ClN2O/c1-8-11(4)12(5)13(6)14(7)15(9-2)10-3;1-8-3-2-6-14(8)11(15)9-4-5-10(12)13-7-9/h8,15H,1,9-10H2,2-7H3;4-5,7H,1-3,6H2/b12-11-,14-13+;. The van der Waals surface area contributed by atoms with Gasteiger partial charge in [-0.05, 0) is 88.1 Å². The second-order valence-corrected chi connectivity index (χ2v) is 8.22. The summed E-state index contributed by atoms with van der Waals surface area (Å²) in [6.07, 6.45) is 7.80. The van der Waals surface area contributed by atoms with Crippen molar-refractivity contribution in [2.45, 2.75) is 67.2 Å². The number of halogens is 1. The monoisotopic (exact) mass is 428 g/mol. The Labute approximate surface area is 188 Å². The Morgan fingerprint density at radius 1 is 1.20 bits per heavy atom. The van der Waals surface area contributed by atoms with Gasteiger partial charge in [-0.25, -0.2) is 4.98 Å². The van der Waals surface area contributed by atoms with Crippen molar-refractivity contribution in [1.82, 2.24) is 9.88 Å². The summed E-state index contributed by atoms with van der Waals surface area (Å²) in [6, 6.07) is 3.30. The summed E-state index contributed by atoms with van der Waals surface area (Å²) < 4.78 is 0. The summed E-state index contributed by atoms with van der Waals surface area (Å²) >= 11 is 5.65.